The molecule has 1 N–H and O–H groups in total. The number of rotatable bonds is 6. The van der Waals surface area contributed by atoms with Gasteiger partial charge in [-0.25, -0.2) is 4.98 Å². The Morgan fingerprint density at radius 3 is 2.85 bits per heavy atom. The number of fused-ring (bicyclic) bond motifs is 1. The van der Waals surface area contributed by atoms with Crippen molar-refractivity contribution in [1.82, 2.24) is 14.9 Å². The number of carbonyl (C=O) groups is 1. The fraction of sp³-hybridized carbons (Fsp3) is 0.222. The van der Waals surface area contributed by atoms with Crippen molar-refractivity contribution in [1.29, 1.82) is 0 Å². The maximum absolute atomic E-state index is 12.2. The average Bonchev–Trinajstić information content (AvgIpc) is 2.94. The summed E-state index contributed by atoms with van der Waals surface area (Å²) in [5.41, 5.74) is 1.93. The maximum Gasteiger partial charge on any atom is 0.270 e. The van der Waals surface area contributed by atoms with E-state index < -0.39 is 10.8 Å². The number of aromatic nitrogens is 2. The molecular formula is C18H17ClN4O3. The highest BCUT2D eigenvalue weighted by molar-refractivity contribution is 6.33. The van der Waals surface area contributed by atoms with Gasteiger partial charge in [0.2, 0.25) is 0 Å². The first kappa shape index (κ1) is 17.9. The minimum atomic E-state index is -0.556. The number of nitro benzene ring substituents is 1. The summed E-state index contributed by atoms with van der Waals surface area (Å²) >= 11 is 5.98. The molecule has 1 amide bonds. The number of aryl methyl sites for hydroxylation is 2. The van der Waals surface area contributed by atoms with E-state index in [0.717, 1.165) is 16.9 Å². The molecule has 0 aliphatic heterocycles. The van der Waals surface area contributed by atoms with E-state index in [2.05, 4.69) is 14.9 Å². The summed E-state index contributed by atoms with van der Waals surface area (Å²) in [6, 6.07) is 11.7. The molecule has 7 nitrogen and oxygen atoms in total. The van der Waals surface area contributed by atoms with Crippen molar-refractivity contribution >= 4 is 34.2 Å². The van der Waals surface area contributed by atoms with Crippen molar-refractivity contribution in [3.8, 4) is 0 Å². The summed E-state index contributed by atoms with van der Waals surface area (Å²) in [6.07, 6.45) is 0.694. The second-order valence-electron chi connectivity index (χ2n) is 5.83. The Hall–Kier alpha value is -2.93. The van der Waals surface area contributed by atoms with Crippen LogP contribution in [0.25, 0.3) is 11.0 Å². The fourth-order valence-corrected chi connectivity index (χ4v) is 3.02. The Morgan fingerprint density at radius 2 is 2.08 bits per heavy atom. The summed E-state index contributed by atoms with van der Waals surface area (Å²) in [5, 5.41) is 13.8. The van der Waals surface area contributed by atoms with E-state index in [-0.39, 0.29) is 16.3 Å². The Kier molecular flexibility index (Phi) is 5.18. The minimum Gasteiger partial charge on any atom is -0.352 e. The van der Waals surface area contributed by atoms with E-state index in [1.807, 2.05) is 31.2 Å². The van der Waals surface area contributed by atoms with Gasteiger partial charge in [0.05, 0.1) is 26.5 Å². The van der Waals surface area contributed by atoms with Gasteiger partial charge < -0.3 is 9.88 Å². The smallest absolute Gasteiger partial charge is 0.270 e. The molecule has 0 fully saturated rings. The van der Waals surface area contributed by atoms with Crippen molar-refractivity contribution in [3.63, 3.8) is 0 Å². The van der Waals surface area contributed by atoms with Crippen LogP contribution in [0.4, 0.5) is 5.69 Å². The number of para-hydroxylation sites is 2. The molecule has 0 saturated carbocycles. The minimum absolute atomic E-state index is 0.102. The summed E-state index contributed by atoms with van der Waals surface area (Å²) in [5.74, 6) is 0.491. The highest BCUT2D eigenvalue weighted by Gasteiger charge is 2.15. The Balaban J connectivity index is 1.61. The Labute approximate surface area is 154 Å². The quantitative estimate of drug-likeness (QED) is 0.405. The fourth-order valence-electron chi connectivity index (χ4n) is 2.81. The molecule has 1 aromatic heterocycles. The van der Waals surface area contributed by atoms with Crippen LogP contribution >= 0.6 is 11.6 Å². The molecule has 3 aromatic rings. The predicted molar refractivity (Wildman–Crippen MR) is 99.5 cm³/mol. The number of hydrogen-bond acceptors (Lipinski definition) is 4. The van der Waals surface area contributed by atoms with Crippen LogP contribution in [0.2, 0.25) is 5.02 Å². The lowest BCUT2D eigenvalue weighted by molar-refractivity contribution is -0.384. The van der Waals surface area contributed by atoms with Crippen LogP contribution in [0.1, 0.15) is 22.6 Å². The van der Waals surface area contributed by atoms with Gasteiger partial charge in [0.25, 0.3) is 11.6 Å². The number of imidazole rings is 1. The van der Waals surface area contributed by atoms with Gasteiger partial charge >= 0.3 is 0 Å². The molecular weight excluding hydrogens is 356 g/mol. The highest BCUT2D eigenvalue weighted by Crippen LogP contribution is 2.22. The summed E-state index contributed by atoms with van der Waals surface area (Å²) < 4.78 is 2.10. The number of carbonyl (C=O) groups excluding carboxylic acids is 1. The molecule has 134 valence electrons. The maximum atomic E-state index is 12.2. The molecule has 0 aliphatic rings. The molecule has 8 heteroatoms. The molecule has 1 heterocycles. The van der Waals surface area contributed by atoms with Crippen LogP contribution in [0.15, 0.2) is 42.5 Å². The van der Waals surface area contributed by atoms with Gasteiger partial charge in [0, 0.05) is 25.2 Å². The summed E-state index contributed by atoms with van der Waals surface area (Å²) in [4.78, 5) is 27.0. The Morgan fingerprint density at radius 1 is 1.31 bits per heavy atom. The number of halogens is 1. The number of nitro groups is 1. The molecule has 0 unspecified atom stereocenters. The third-order valence-corrected chi connectivity index (χ3v) is 4.42. The van der Waals surface area contributed by atoms with Gasteiger partial charge in [0.15, 0.2) is 0 Å². The van der Waals surface area contributed by atoms with Crippen LogP contribution in [-0.2, 0) is 6.54 Å². The normalized spacial score (nSPS) is 10.8. The summed E-state index contributed by atoms with van der Waals surface area (Å²) in [6.45, 7) is 3.07. The van der Waals surface area contributed by atoms with E-state index in [4.69, 9.17) is 11.6 Å². The molecule has 3 rings (SSSR count). The van der Waals surface area contributed by atoms with E-state index in [9.17, 15) is 14.9 Å². The van der Waals surface area contributed by atoms with Gasteiger partial charge in [-0.05, 0) is 31.5 Å². The van der Waals surface area contributed by atoms with Crippen molar-refractivity contribution in [2.45, 2.75) is 19.9 Å². The molecule has 0 bridgehead atoms. The lowest BCUT2D eigenvalue weighted by Gasteiger charge is -2.09. The van der Waals surface area contributed by atoms with E-state index in [0.29, 0.717) is 19.5 Å². The third kappa shape index (κ3) is 3.67. The first-order valence-corrected chi connectivity index (χ1v) is 8.49. The third-order valence-electron chi connectivity index (χ3n) is 4.09. The molecule has 0 atom stereocenters. The zero-order valence-corrected chi connectivity index (χ0v) is 14.9. The largest absolute Gasteiger partial charge is 0.352 e. The number of amides is 1. The van der Waals surface area contributed by atoms with Crippen LogP contribution in [0.5, 0.6) is 0 Å². The van der Waals surface area contributed by atoms with Crippen molar-refractivity contribution in [2.24, 2.45) is 0 Å². The van der Waals surface area contributed by atoms with E-state index >= 15 is 0 Å². The van der Waals surface area contributed by atoms with Crippen LogP contribution in [0.3, 0.4) is 0 Å². The molecule has 0 aliphatic carbocycles. The van der Waals surface area contributed by atoms with Crippen molar-refractivity contribution in [3.05, 3.63) is 69.0 Å². The average molecular weight is 373 g/mol. The van der Waals surface area contributed by atoms with Crippen LogP contribution in [0, 0.1) is 17.0 Å². The Bertz CT molecular complexity index is 984. The van der Waals surface area contributed by atoms with Crippen molar-refractivity contribution < 1.29 is 9.72 Å². The molecule has 2 aromatic carbocycles. The van der Waals surface area contributed by atoms with Gasteiger partial charge in [-0.15, -0.1) is 0 Å². The molecule has 0 saturated heterocycles. The zero-order chi connectivity index (χ0) is 18.7. The SMILES string of the molecule is Cc1nc2ccccc2n1CCCNC(=O)c1cc([N+](=O)[O-])ccc1Cl. The summed E-state index contributed by atoms with van der Waals surface area (Å²) in [7, 11) is 0. The van der Waals surface area contributed by atoms with Gasteiger partial charge in [-0.1, -0.05) is 23.7 Å². The number of nitrogens with one attached hydrogen (secondary N) is 1. The standard InChI is InChI=1S/C18H17ClN4O3/c1-12-21-16-5-2-3-6-17(16)22(12)10-4-9-20-18(24)14-11-13(23(25)26)7-8-15(14)19/h2-3,5-8,11H,4,9-10H2,1H3,(H,20,24). The first-order valence-electron chi connectivity index (χ1n) is 8.11. The number of non-ortho nitro benzene ring substituents is 1. The van der Waals surface area contributed by atoms with Crippen LogP contribution in [-0.4, -0.2) is 26.9 Å². The monoisotopic (exact) mass is 372 g/mol. The number of hydrogen-bond donors (Lipinski definition) is 1. The number of benzene rings is 2. The van der Waals surface area contributed by atoms with E-state index in [1.165, 1.54) is 18.2 Å². The predicted octanol–water partition coefficient (Wildman–Crippen LogP) is 3.73. The second-order valence-corrected chi connectivity index (χ2v) is 6.24. The first-order chi connectivity index (χ1) is 12.5. The lowest BCUT2D eigenvalue weighted by atomic mass is 10.2. The molecule has 0 radical (unpaired) electrons. The van der Waals surface area contributed by atoms with Gasteiger partial charge in [0.1, 0.15) is 5.82 Å². The molecule has 0 spiro atoms. The zero-order valence-electron chi connectivity index (χ0n) is 14.1. The number of nitrogens with zero attached hydrogens (tertiary/aromatic N) is 3. The second kappa shape index (κ2) is 7.53. The van der Waals surface area contributed by atoms with Gasteiger partial charge in [-0.2, -0.15) is 0 Å². The van der Waals surface area contributed by atoms with Gasteiger partial charge in [-0.3, -0.25) is 14.9 Å². The van der Waals surface area contributed by atoms with E-state index in [1.54, 1.807) is 0 Å². The topological polar surface area (TPSA) is 90.1 Å². The highest BCUT2D eigenvalue weighted by atomic mass is 35.5. The van der Waals surface area contributed by atoms with Crippen LogP contribution < -0.4 is 5.32 Å². The molecule has 26 heavy (non-hydrogen) atoms. The van der Waals surface area contributed by atoms with Crippen molar-refractivity contribution in [2.75, 3.05) is 6.54 Å². The lowest BCUT2D eigenvalue weighted by Crippen LogP contribution is -2.25.